The Balaban J connectivity index is 3.07. The molecular formula is C8H17NO9S. The predicted molar refractivity (Wildman–Crippen MR) is 58.9 cm³/mol. The second-order valence-electron chi connectivity index (χ2n) is 4.25. The fourth-order valence-electron chi connectivity index (χ4n) is 1.73. The van der Waals surface area contributed by atoms with E-state index in [4.69, 9.17) is 5.73 Å². The molecular weight excluding hydrogens is 286 g/mol. The van der Waals surface area contributed by atoms with Crippen molar-refractivity contribution in [1.29, 1.82) is 0 Å². The molecule has 0 spiro atoms. The Hall–Kier alpha value is -0.370. The monoisotopic (exact) mass is 303 g/mol. The van der Waals surface area contributed by atoms with Crippen LogP contribution in [0.2, 0.25) is 0 Å². The lowest BCUT2D eigenvalue weighted by Gasteiger charge is -2.46. The van der Waals surface area contributed by atoms with Crippen LogP contribution in [0.15, 0.2) is 0 Å². The quantitative estimate of drug-likeness (QED) is 0.195. The highest BCUT2D eigenvalue weighted by Gasteiger charge is 2.60. The van der Waals surface area contributed by atoms with Crippen LogP contribution < -0.4 is 5.73 Å². The first-order valence-corrected chi connectivity index (χ1v) is 6.90. The van der Waals surface area contributed by atoms with Gasteiger partial charge in [0.15, 0.2) is 0 Å². The molecule has 0 bridgehead atoms. The fraction of sp³-hybridized carbons (Fsp3) is 1.00. The van der Waals surface area contributed by atoms with Crippen LogP contribution in [0.1, 0.15) is 0 Å². The summed E-state index contributed by atoms with van der Waals surface area (Å²) in [5.41, 5.74) is 5.00. The van der Waals surface area contributed by atoms with Crippen LogP contribution in [0.5, 0.6) is 0 Å². The Morgan fingerprint density at radius 2 is 1.42 bits per heavy atom. The van der Waals surface area contributed by atoms with Gasteiger partial charge in [-0.15, -0.1) is 0 Å². The molecule has 0 saturated heterocycles. The maximum atomic E-state index is 11.4. The molecule has 1 aliphatic carbocycles. The molecule has 1 fully saturated rings. The molecule has 1 rings (SSSR count). The Morgan fingerprint density at radius 3 is 1.79 bits per heavy atom. The SMILES string of the molecule is NCCS(=O)(=O)OC1(O)[C@H](O)[C@H](O)C(O)[C@H](O)[C@H]1O. The van der Waals surface area contributed by atoms with Crippen molar-refractivity contribution < 1.29 is 43.2 Å². The minimum atomic E-state index is -4.42. The first-order chi connectivity index (χ1) is 8.57. The molecule has 0 aromatic rings. The molecule has 8 N–H and O–H groups in total. The van der Waals surface area contributed by atoms with Crippen LogP contribution in [0, 0.1) is 0 Å². The van der Waals surface area contributed by atoms with Gasteiger partial charge in [0.25, 0.3) is 10.1 Å². The molecule has 114 valence electrons. The van der Waals surface area contributed by atoms with E-state index in [1.165, 1.54) is 0 Å². The number of rotatable bonds is 4. The van der Waals surface area contributed by atoms with Crippen molar-refractivity contribution in [3.63, 3.8) is 0 Å². The first-order valence-electron chi connectivity index (χ1n) is 5.33. The molecule has 10 nitrogen and oxygen atoms in total. The zero-order valence-electron chi connectivity index (χ0n) is 9.69. The van der Waals surface area contributed by atoms with Gasteiger partial charge in [0.05, 0.1) is 5.75 Å². The van der Waals surface area contributed by atoms with Crippen molar-refractivity contribution in [2.24, 2.45) is 5.73 Å². The van der Waals surface area contributed by atoms with Gasteiger partial charge in [-0.25, -0.2) is 4.18 Å². The number of hydrogen-bond acceptors (Lipinski definition) is 10. The highest BCUT2D eigenvalue weighted by Crippen LogP contribution is 2.32. The highest BCUT2D eigenvalue weighted by molar-refractivity contribution is 7.86. The summed E-state index contributed by atoms with van der Waals surface area (Å²) < 4.78 is 27.0. The molecule has 0 aliphatic heterocycles. The molecule has 0 amide bonds. The van der Waals surface area contributed by atoms with Gasteiger partial charge >= 0.3 is 0 Å². The fourth-order valence-corrected chi connectivity index (χ4v) is 2.70. The Labute approximate surface area is 108 Å². The third kappa shape index (κ3) is 3.04. The molecule has 11 heteroatoms. The summed E-state index contributed by atoms with van der Waals surface area (Å²) in [6.07, 6.45) is -10.9. The van der Waals surface area contributed by atoms with E-state index in [2.05, 4.69) is 4.18 Å². The van der Waals surface area contributed by atoms with Crippen molar-refractivity contribution in [1.82, 2.24) is 0 Å². The van der Waals surface area contributed by atoms with E-state index in [0.717, 1.165) is 0 Å². The minimum Gasteiger partial charge on any atom is -0.387 e. The normalized spacial score (nSPS) is 44.3. The van der Waals surface area contributed by atoms with Gasteiger partial charge in [-0.05, 0) is 0 Å². The Bertz CT molecular complexity index is 396. The van der Waals surface area contributed by atoms with Gasteiger partial charge in [0.2, 0.25) is 5.79 Å². The Morgan fingerprint density at radius 1 is 1.00 bits per heavy atom. The smallest absolute Gasteiger partial charge is 0.271 e. The third-order valence-corrected chi connectivity index (χ3v) is 4.08. The molecule has 1 aliphatic rings. The predicted octanol–water partition coefficient (Wildman–Crippen LogP) is -5.20. The maximum absolute atomic E-state index is 11.4. The highest BCUT2D eigenvalue weighted by atomic mass is 32.2. The van der Waals surface area contributed by atoms with Crippen molar-refractivity contribution in [2.45, 2.75) is 36.3 Å². The molecule has 0 radical (unpaired) electrons. The van der Waals surface area contributed by atoms with E-state index in [1.807, 2.05) is 0 Å². The van der Waals surface area contributed by atoms with E-state index in [0.29, 0.717) is 0 Å². The lowest BCUT2D eigenvalue weighted by Crippen LogP contribution is -2.72. The number of nitrogens with two attached hydrogens (primary N) is 1. The maximum Gasteiger partial charge on any atom is 0.271 e. The van der Waals surface area contributed by atoms with E-state index in [1.54, 1.807) is 0 Å². The number of aliphatic hydroxyl groups is 6. The number of aliphatic hydroxyl groups excluding tert-OH is 5. The minimum absolute atomic E-state index is 0.349. The summed E-state index contributed by atoms with van der Waals surface area (Å²) in [6.45, 7) is -0.349. The van der Waals surface area contributed by atoms with Crippen LogP contribution in [-0.4, -0.2) is 87.7 Å². The van der Waals surface area contributed by atoms with Gasteiger partial charge in [-0.1, -0.05) is 0 Å². The van der Waals surface area contributed by atoms with Crippen LogP contribution in [0.4, 0.5) is 0 Å². The average molecular weight is 303 g/mol. The molecule has 0 aromatic carbocycles. The van der Waals surface area contributed by atoms with Crippen LogP contribution >= 0.6 is 0 Å². The summed E-state index contributed by atoms with van der Waals surface area (Å²) in [5, 5.41) is 56.9. The standard InChI is InChI=1S/C8H17NO9S/c9-1-2-19(16,17)18-8(15)6(13)4(11)3(10)5(12)7(8)14/h3-7,10-15H,1-2,9H2/t3?,4-,5+,6-,7-,8?/m1/s1. The van der Waals surface area contributed by atoms with Gasteiger partial charge in [0.1, 0.15) is 30.5 Å². The van der Waals surface area contributed by atoms with Crippen molar-refractivity contribution in [3.8, 4) is 0 Å². The number of hydrogen-bond donors (Lipinski definition) is 7. The molecule has 1 saturated carbocycles. The lowest BCUT2D eigenvalue weighted by molar-refractivity contribution is -0.331. The summed E-state index contributed by atoms with van der Waals surface area (Å²) in [6, 6.07) is 0. The second-order valence-corrected chi connectivity index (χ2v) is 5.94. The van der Waals surface area contributed by atoms with Gasteiger partial charge in [-0.3, -0.25) is 0 Å². The molecule has 0 aromatic heterocycles. The molecule has 6 atom stereocenters. The van der Waals surface area contributed by atoms with Crippen LogP contribution in [0.3, 0.4) is 0 Å². The van der Waals surface area contributed by atoms with Crippen molar-refractivity contribution >= 4 is 10.1 Å². The summed E-state index contributed by atoms with van der Waals surface area (Å²) in [7, 11) is -4.42. The largest absolute Gasteiger partial charge is 0.387 e. The lowest BCUT2D eigenvalue weighted by atomic mass is 9.82. The molecule has 19 heavy (non-hydrogen) atoms. The van der Waals surface area contributed by atoms with Crippen LogP contribution in [0.25, 0.3) is 0 Å². The topological polar surface area (TPSA) is 191 Å². The van der Waals surface area contributed by atoms with Crippen molar-refractivity contribution in [2.75, 3.05) is 12.3 Å². The van der Waals surface area contributed by atoms with Gasteiger partial charge in [0, 0.05) is 6.54 Å². The third-order valence-electron chi connectivity index (χ3n) is 2.82. The summed E-state index contributed by atoms with van der Waals surface area (Å²) >= 11 is 0. The van der Waals surface area contributed by atoms with E-state index >= 15 is 0 Å². The average Bonchev–Trinajstić information content (AvgIpc) is 2.31. The van der Waals surface area contributed by atoms with E-state index in [-0.39, 0.29) is 6.54 Å². The second kappa shape index (κ2) is 5.55. The molecule has 2 unspecified atom stereocenters. The summed E-state index contributed by atoms with van der Waals surface area (Å²) in [4.78, 5) is 0. The Kier molecular flexibility index (Phi) is 4.88. The first kappa shape index (κ1) is 16.7. The van der Waals surface area contributed by atoms with Gasteiger partial charge in [-0.2, -0.15) is 8.42 Å². The van der Waals surface area contributed by atoms with E-state index < -0.39 is 52.2 Å². The zero-order valence-corrected chi connectivity index (χ0v) is 10.5. The van der Waals surface area contributed by atoms with Crippen molar-refractivity contribution in [3.05, 3.63) is 0 Å². The summed E-state index contributed by atoms with van der Waals surface area (Å²) in [5.74, 6) is -3.91. The van der Waals surface area contributed by atoms with Crippen LogP contribution in [-0.2, 0) is 14.3 Å². The molecule has 0 heterocycles. The zero-order chi connectivity index (χ0) is 15.0. The van der Waals surface area contributed by atoms with E-state index in [9.17, 15) is 39.1 Å². The van der Waals surface area contributed by atoms with Gasteiger partial charge < -0.3 is 36.4 Å².